The van der Waals surface area contributed by atoms with Gasteiger partial charge in [0.2, 0.25) is 5.78 Å². The third-order valence-corrected chi connectivity index (χ3v) is 2.65. The van der Waals surface area contributed by atoms with E-state index in [1.54, 1.807) is 43.5 Å². The number of Topliss-reactive ketones (excluding diaryl/α,β-unsaturated/α-hetero) is 1. The number of ether oxygens (including phenoxy) is 1. The summed E-state index contributed by atoms with van der Waals surface area (Å²) in [6, 6.07) is 10.2. The van der Waals surface area contributed by atoms with Gasteiger partial charge >= 0.3 is 0 Å². The molecule has 1 heterocycles. The van der Waals surface area contributed by atoms with Gasteiger partial charge in [-0.1, -0.05) is 12.1 Å². The Morgan fingerprint density at radius 3 is 2.89 bits per heavy atom. The number of benzene rings is 1. The fourth-order valence-corrected chi connectivity index (χ4v) is 1.68. The number of furan rings is 1. The Labute approximate surface area is 105 Å². The number of rotatable bonds is 5. The predicted molar refractivity (Wildman–Crippen MR) is 65.6 cm³/mol. The number of aliphatic hydroxyl groups is 1. The molecular weight excluding hydrogens is 232 g/mol. The Kier molecular flexibility index (Phi) is 3.79. The normalized spacial score (nSPS) is 12.1. The second-order valence-corrected chi connectivity index (χ2v) is 3.90. The minimum absolute atomic E-state index is 0.0132. The van der Waals surface area contributed by atoms with E-state index in [9.17, 15) is 9.90 Å². The van der Waals surface area contributed by atoms with Crippen molar-refractivity contribution in [3.8, 4) is 5.75 Å². The minimum atomic E-state index is -0.863. The second kappa shape index (κ2) is 5.51. The first-order chi connectivity index (χ1) is 8.70. The van der Waals surface area contributed by atoms with Crippen LogP contribution >= 0.6 is 0 Å². The molecule has 0 fully saturated rings. The number of aliphatic hydroxyl groups excluding tert-OH is 1. The van der Waals surface area contributed by atoms with Gasteiger partial charge < -0.3 is 14.3 Å². The maximum absolute atomic E-state index is 11.8. The predicted octanol–water partition coefficient (Wildman–Crippen LogP) is 2.59. The molecule has 18 heavy (non-hydrogen) atoms. The molecular formula is C14H14O4. The summed E-state index contributed by atoms with van der Waals surface area (Å²) in [5, 5.41) is 9.99. The number of carbonyl (C=O) groups excluding carboxylic acids is 1. The van der Waals surface area contributed by atoms with Crippen LogP contribution < -0.4 is 4.74 Å². The molecule has 0 amide bonds. The summed E-state index contributed by atoms with van der Waals surface area (Å²) in [4.78, 5) is 11.8. The maximum atomic E-state index is 11.8. The van der Waals surface area contributed by atoms with Gasteiger partial charge in [-0.3, -0.25) is 4.79 Å². The highest BCUT2D eigenvalue weighted by molar-refractivity contribution is 5.93. The molecule has 0 saturated heterocycles. The standard InChI is InChI=1S/C14H14O4/c1-17-11-5-2-4-10(8-11)12(15)9-13(16)14-6-3-7-18-14/h2-8,12,15H,9H2,1H3. The summed E-state index contributed by atoms with van der Waals surface area (Å²) in [5.74, 6) is 0.685. The number of carbonyl (C=O) groups is 1. The van der Waals surface area contributed by atoms with E-state index in [4.69, 9.17) is 9.15 Å². The van der Waals surface area contributed by atoms with Crippen molar-refractivity contribution in [1.82, 2.24) is 0 Å². The third-order valence-electron chi connectivity index (χ3n) is 2.65. The van der Waals surface area contributed by atoms with E-state index in [1.807, 2.05) is 0 Å². The Bertz CT molecular complexity index is 516. The lowest BCUT2D eigenvalue weighted by atomic mass is 10.0. The molecule has 1 aromatic carbocycles. The molecule has 0 bridgehead atoms. The lowest BCUT2D eigenvalue weighted by Gasteiger charge is -2.10. The molecule has 1 N–H and O–H groups in total. The molecule has 1 aromatic heterocycles. The smallest absolute Gasteiger partial charge is 0.200 e. The van der Waals surface area contributed by atoms with Gasteiger partial charge in [-0.15, -0.1) is 0 Å². The molecule has 0 radical (unpaired) electrons. The van der Waals surface area contributed by atoms with Crippen LogP contribution in [0.5, 0.6) is 5.75 Å². The largest absolute Gasteiger partial charge is 0.497 e. The molecule has 0 aliphatic heterocycles. The van der Waals surface area contributed by atoms with Crippen molar-refractivity contribution >= 4 is 5.78 Å². The van der Waals surface area contributed by atoms with Crippen molar-refractivity contribution < 1.29 is 19.1 Å². The van der Waals surface area contributed by atoms with Gasteiger partial charge in [0.1, 0.15) is 5.75 Å². The van der Waals surface area contributed by atoms with E-state index >= 15 is 0 Å². The van der Waals surface area contributed by atoms with E-state index < -0.39 is 6.10 Å². The first-order valence-corrected chi connectivity index (χ1v) is 5.59. The number of hydrogen-bond donors (Lipinski definition) is 1. The van der Waals surface area contributed by atoms with Gasteiger partial charge in [-0.05, 0) is 29.8 Å². The van der Waals surface area contributed by atoms with Crippen LogP contribution in [0.15, 0.2) is 47.1 Å². The van der Waals surface area contributed by atoms with Gasteiger partial charge in [0.25, 0.3) is 0 Å². The molecule has 0 saturated carbocycles. The SMILES string of the molecule is COc1cccc(C(O)CC(=O)c2ccco2)c1. The molecule has 2 aromatic rings. The van der Waals surface area contributed by atoms with Crippen LogP contribution in [0.25, 0.3) is 0 Å². The van der Waals surface area contributed by atoms with Crippen molar-refractivity contribution in [1.29, 1.82) is 0 Å². The summed E-state index contributed by atoms with van der Waals surface area (Å²) >= 11 is 0. The van der Waals surface area contributed by atoms with Crippen LogP contribution in [-0.2, 0) is 0 Å². The van der Waals surface area contributed by atoms with Gasteiger partial charge in [0.05, 0.1) is 19.5 Å². The highest BCUT2D eigenvalue weighted by Gasteiger charge is 2.16. The van der Waals surface area contributed by atoms with Crippen LogP contribution in [0.4, 0.5) is 0 Å². The van der Waals surface area contributed by atoms with Gasteiger partial charge in [0, 0.05) is 6.42 Å². The number of methoxy groups -OCH3 is 1. The summed E-state index contributed by atoms with van der Waals surface area (Å²) in [7, 11) is 1.56. The highest BCUT2D eigenvalue weighted by atomic mass is 16.5. The zero-order valence-electron chi connectivity index (χ0n) is 10.00. The molecule has 2 rings (SSSR count). The second-order valence-electron chi connectivity index (χ2n) is 3.90. The third kappa shape index (κ3) is 2.78. The molecule has 4 heteroatoms. The Hall–Kier alpha value is -2.07. The number of ketones is 1. The Morgan fingerprint density at radius 1 is 1.39 bits per heavy atom. The molecule has 1 unspecified atom stereocenters. The quantitative estimate of drug-likeness (QED) is 0.824. The van der Waals surface area contributed by atoms with Gasteiger partial charge in [-0.25, -0.2) is 0 Å². The van der Waals surface area contributed by atoms with Crippen molar-refractivity contribution in [3.05, 3.63) is 54.0 Å². The molecule has 1 atom stereocenters. The molecule has 0 aliphatic rings. The molecule has 0 aliphatic carbocycles. The van der Waals surface area contributed by atoms with Crippen molar-refractivity contribution in [2.24, 2.45) is 0 Å². The Morgan fingerprint density at radius 2 is 2.22 bits per heavy atom. The average Bonchev–Trinajstić information content (AvgIpc) is 2.92. The highest BCUT2D eigenvalue weighted by Crippen LogP contribution is 2.23. The average molecular weight is 246 g/mol. The van der Waals surface area contributed by atoms with Crippen LogP contribution in [-0.4, -0.2) is 18.0 Å². The molecule has 94 valence electrons. The van der Waals surface area contributed by atoms with Crippen LogP contribution in [0.2, 0.25) is 0 Å². The van der Waals surface area contributed by atoms with Crippen LogP contribution in [0.3, 0.4) is 0 Å². The minimum Gasteiger partial charge on any atom is -0.497 e. The van der Waals surface area contributed by atoms with E-state index in [1.165, 1.54) is 6.26 Å². The van der Waals surface area contributed by atoms with E-state index in [-0.39, 0.29) is 18.0 Å². The van der Waals surface area contributed by atoms with Gasteiger partial charge in [0.15, 0.2) is 5.76 Å². The van der Waals surface area contributed by atoms with Gasteiger partial charge in [-0.2, -0.15) is 0 Å². The van der Waals surface area contributed by atoms with E-state index in [0.717, 1.165) is 0 Å². The van der Waals surface area contributed by atoms with Crippen molar-refractivity contribution in [2.45, 2.75) is 12.5 Å². The lowest BCUT2D eigenvalue weighted by Crippen LogP contribution is -2.06. The zero-order valence-corrected chi connectivity index (χ0v) is 10.00. The van der Waals surface area contributed by atoms with Crippen LogP contribution in [0, 0.1) is 0 Å². The first-order valence-electron chi connectivity index (χ1n) is 5.59. The van der Waals surface area contributed by atoms with E-state index in [2.05, 4.69) is 0 Å². The fraction of sp³-hybridized carbons (Fsp3) is 0.214. The van der Waals surface area contributed by atoms with Crippen molar-refractivity contribution in [2.75, 3.05) is 7.11 Å². The fourth-order valence-electron chi connectivity index (χ4n) is 1.68. The summed E-state index contributed by atoms with van der Waals surface area (Å²) in [5.41, 5.74) is 0.647. The molecule has 4 nitrogen and oxygen atoms in total. The monoisotopic (exact) mass is 246 g/mol. The number of hydrogen-bond acceptors (Lipinski definition) is 4. The first kappa shape index (κ1) is 12.4. The van der Waals surface area contributed by atoms with Crippen LogP contribution in [0.1, 0.15) is 28.6 Å². The zero-order chi connectivity index (χ0) is 13.0. The topological polar surface area (TPSA) is 59.7 Å². The summed E-state index contributed by atoms with van der Waals surface area (Å²) < 4.78 is 10.1. The van der Waals surface area contributed by atoms with Crippen molar-refractivity contribution in [3.63, 3.8) is 0 Å². The Balaban J connectivity index is 2.07. The lowest BCUT2D eigenvalue weighted by molar-refractivity contribution is 0.0853. The maximum Gasteiger partial charge on any atom is 0.200 e. The summed E-state index contributed by atoms with van der Waals surface area (Å²) in [6.45, 7) is 0. The van der Waals surface area contributed by atoms with E-state index in [0.29, 0.717) is 11.3 Å². The molecule has 0 spiro atoms. The summed E-state index contributed by atoms with van der Waals surface area (Å²) in [6.07, 6.45) is 0.559.